The highest BCUT2D eigenvalue weighted by atomic mass is 32.2. The fraction of sp³-hybridized carbons (Fsp3) is 0.0870. The number of carbonyl (C=O) groups is 1. The lowest BCUT2D eigenvalue weighted by atomic mass is 10.2. The van der Waals surface area contributed by atoms with Crippen LogP contribution in [0.3, 0.4) is 0 Å². The maximum atomic E-state index is 13.6. The Balaban J connectivity index is 1.70. The topological polar surface area (TPSA) is 116 Å². The van der Waals surface area contributed by atoms with E-state index < -0.39 is 22.3 Å². The number of aromatic nitrogens is 2. The fourth-order valence-electron chi connectivity index (χ4n) is 3.32. The van der Waals surface area contributed by atoms with Crippen LogP contribution >= 0.6 is 11.8 Å². The van der Waals surface area contributed by atoms with Gasteiger partial charge in [-0.3, -0.25) is 24.3 Å². The number of nitrogens with one attached hydrogen (secondary N) is 1. The molecule has 0 radical (unpaired) electrons. The van der Waals surface area contributed by atoms with E-state index in [1.54, 1.807) is 48.5 Å². The number of fused-ring (bicyclic) bond motifs is 1. The molecular formula is C23H17FN4O5S. The van der Waals surface area contributed by atoms with Crippen molar-refractivity contribution in [1.82, 2.24) is 9.55 Å². The maximum absolute atomic E-state index is 13.6. The molecule has 1 N–H and O–H groups in total. The molecule has 3 aromatic carbocycles. The minimum atomic E-state index is -0.727. The van der Waals surface area contributed by atoms with E-state index in [1.165, 1.54) is 11.7 Å². The van der Waals surface area contributed by atoms with E-state index in [-0.39, 0.29) is 22.2 Å². The number of hydrogen-bond donors (Lipinski definition) is 1. The Morgan fingerprint density at radius 2 is 1.91 bits per heavy atom. The van der Waals surface area contributed by atoms with Gasteiger partial charge in [0, 0.05) is 12.1 Å². The van der Waals surface area contributed by atoms with E-state index in [9.17, 15) is 24.1 Å². The Morgan fingerprint density at radius 3 is 2.68 bits per heavy atom. The summed E-state index contributed by atoms with van der Waals surface area (Å²) in [6, 6.07) is 16.5. The second-order valence-corrected chi connectivity index (χ2v) is 7.92. The number of benzene rings is 3. The smallest absolute Gasteiger partial charge is 0.292 e. The molecule has 0 fully saturated rings. The summed E-state index contributed by atoms with van der Waals surface area (Å²) in [5.41, 5.74) is -0.156. The summed E-state index contributed by atoms with van der Waals surface area (Å²) in [6.07, 6.45) is 0. The lowest BCUT2D eigenvalue weighted by molar-refractivity contribution is -0.384. The molecule has 4 rings (SSSR count). The predicted molar refractivity (Wildman–Crippen MR) is 126 cm³/mol. The number of amides is 1. The minimum absolute atomic E-state index is 0.220. The van der Waals surface area contributed by atoms with Gasteiger partial charge >= 0.3 is 0 Å². The summed E-state index contributed by atoms with van der Waals surface area (Å²) >= 11 is 0.957. The van der Waals surface area contributed by atoms with Gasteiger partial charge < -0.3 is 10.1 Å². The van der Waals surface area contributed by atoms with E-state index >= 15 is 0 Å². The lowest BCUT2D eigenvalue weighted by Crippen LogP contribution is -2.23. The van der Waals surface area contributed by atoms with Gasteiger partial charge in [-0.2, -0.15) is 0 Å². The molecule has 0 bridgehead atoms. The molecule has 1 aromatic heterocycles. The number of ether oxygens (including phenoxy) is 1. The van der Waals surface area contributed by atoms with E-state index in [0.29, 0.717) is 22.3 Å². The van der Waals surface area contributed by atoms with Gasteiger partial charge in [-0.1, -0.05) is 36.0 Å². The summed E-state index contributed by atoms with van der Waals surface area (Å²) in [5, 5.41) is 14.1. The molecule has 1 heterocycles. The standard InChI is InChI=1S/C23H17FN4O5S/c1-33-20-9-5-4-8-19(20)27-22(30)15-6-2-3-7-16(15)26-23(27)34-13-21(29)25-17-12-14(24)10-11-18(17)28(31)32/h2-12H,13H2,1H3,(H,25,29). The third kappa shape index (κ3) is 4.59. The van der Waals surface area contributed by atoms with Crippen LogP contribution in [-0.2, 0) is 4.79 Å². The molecule has 9 nitrogen and oxygen atoms in total. The first-order chi connectivity index (χ1) is 16.4. The van der Waals surface area contributed by atoms with Gasteiger partial charge in [-0.25, -0.2) is 9.37 Å². The van der Waals surface area contributed by atoms with Crippen LogP contribution in [0, 0.1) is 15.9 Å². The SMILES string of the molecule is COc1ccccc1-n1c(SCC(=O)Nc2cc(F)ccc2[N+](=O)[O-])nc2ccccc2c1=O. The number of nitro benzene ring substituents is 1. The second-order valence-electron chi connectivity index (χ2n) is 6.98. The first-order valence-corrected chi connectivity index (χ1v) is 10.9. The number of halogens is 1. The van der Waals surface area contributed by atoms with Crippen molar-refractivity contribution in [3.63, 3.8) is 0 Å². The molecule has 11 heteroatoms. The van der Waals surface area contributed by atoms with Crippen LogP contribution in [0.5, 0.6) is 5.75 Å². The number of thioether (sulfide) groups is 1. The number of rotatable bonds is 7. The van der Waals surface area contributed by atoms with Crippen molar-refractivity contribution in [1.29, 1.82) is 0 Å². The summed E-state index contributed by atoms with van der Waals surface area (Å²) < 4.78 is 20.3. The molecule has 0 saturated heterocycles. The number of carbonyl (C=O) groups excluding carboxylic acids is 1. The summed E-state index contributed by atoms with van der Waals surface area (Å²) in [6.45, 7) is 0. The molecule has 0 atom stereocenters. The van der Waals surface area contributed by atoms with Gasteiger partial charge in [0.15, 0.2) is 5.16 Å². The molecule has 0 aliphatic carbocycles. The van der Waals surface area contributed by atoms with Crippen molar-refractivity contribution >= 4 is 39.9 Å². The summed E-state index contributed by atoms with van der Waals surface area (Å²) in [7, 11) is 1.48. The third-order valence-corrected chi connectivity index (χ3v) is 5.77. The number of nitrogens with zero attached hydrogens (tertiary/aromatic N) is 3. The number of methoxy groups -OCH3 is 1. The number of anilines is 1. The zero-order valence-corrected chi connectivity index (χ0v) is 18.5. The highest BCUT2D eigenvalue weighted by Crippen LogP contribution is 2.28. The molecule has 172 valence electrons. The van der Waals surface area contributed by atoms with Crippen molar-refractivity contribution in [2.75, 3.05) is 18.2 Å². The van der Waals surface area contributed by atoms with E-state index in [2.05, 4.69) is 10.3 Å². The average Bonchev–Trinajstić information content (AvgIpc) is 2.83. The molecule has 0 saturated carbocycles. The number of nitro groups is 1. The van der Waals surface area contributed by atoms with Crippen molar-refractivity contribution in [3.05, 3.63) is 93.0 Å². The van der Waals surface area contributed by atoms with Gasteiger partial charge in [-0.05, 0) is 30.3 Å². The van der Waals surface area contributed by atoms with Gasteiger partial charge in [0.2, 0.25) is 5.91 Å². The van der Waals surface area contributed by atoms with E-state index in [0.717, 1.165) is 30.0 Å². The van der Waals surface area contributed by atoms with Crippen molar-refractivity contribution in [2.45, 2.75) is 5.16 Å². The monoisotopic (exact) mass is 480 g/mol. The van der Waals surface area contributed by atoms with Crippen LogP contribution in [0.4, 0.5) is 15.8 Å². The molecule has 4 aromatic rings. The van der Waals surface area contributed by atoms with Gasteiger partial charge in [0.25, 0.3) is 11.2 Å². The van der Waals surface area contributed by atoms with Gasteiger partial charge in [-0.15, -0.1) is 0 Å². The summed E-state index contributed by atoms with van der Waals surface area (Å²) in [4.78, 5) is 40.9. The number of hydrogen-bond acceptors (Lipinski definition) is 7. The first kappa shape index (κ1) is 22.9. The van der Waals surface area contributed by atoms with Crippen LogP contribution in [0.25, 0.3) is 16.6 Å². The van der Waals surface area contributed by atoms with Crippen LogP contribution in [0.15, 0.2) is 76.7 Å². The van der Waals surface area contributed by atoms with Crippen molar-refractivity contribution in [2.24, 2.45) is 0 Å². The first-order valence-electron chi connectivity index (χ1n) is 9.91. The molecule has 0 unspecified atom stereocenters. The van der Waals surface area contributed by atoms with Crippen molar-refractivity contribution in [3.8, 4) is 11.4 Å². The molecule has 0 aliphatic heterocycles. The largest absolute Gasteiger partial charge is 0.495 e. The Kier molecular flexibility index (Phi) is 6.55. The van der Waals surface area contributed by atoms with Crippen LogP contribution < -0.4 is 15.6 Å². The lowest BCUT2D eigenvalue weighted by Gasteiger charge is -2.15. The Morgan fingerprint density at radius 1 is 1.18 bits per heavy atom. The quantitative estimate of drug-likeness (QED) is 0.183. The summed E-state index contributed by atoms with van der Waals surface area (Å²) in [5.74, 6) is -1.17. The highest BCUT2D eigenvalue weighted by Gasteiger charge is 2.20. The zero-order chi connectivity index (χ0) is 24.2. The predicted octanol–water partition coefficient (Wildman–Crippen LogP) is 4.17. The fourth-order valence-corrected chi connectivity index (χ4v) is 4.13. The van der Waals surface area contributed by atoms with Gasteiger partial charge in [0.05, 0.1) is 34.4 Å². The van der Waals surface area contributed by atoms with Gasteiger partial charge in [0.1, 0.15) is 17.3 Å². The number of para-hydroxylation sites is 3. The Bertz CT molecular complexity index is 1470. The van der Waals surface area contributed by atoms with Crippen LogP contribution in [-0.4, -0.2) is 33.2 Å². The Labute approximate surface area is 196 Å². The van der Waals surface area contributed by atoms with E-state index in [1.807, 2.05) is 0 Å². The minimum Gasteiger partial charge on any atom is -0.495 e. The molecule has 34 heavy (non-hydrogen) atoms. The molecular weight excluding hydrogens is 463 g/mol. The Hall–Kier alpha value is -4.25. The van der Waals surface area contributed by atoms with E-state index in [4.69, 9.17) is 4.74 Å². The maximum Gasteiger partial charge on any atom is 0.292 e. The second kappa shape index (κ2) is 9.71. The molecule has 0 aliphatic rings. The zero-order valence-electron chi connectivity index (χ0n) is 17.7. The van der Waals surface area contributed by atoms with Crippen LogP contribution in [0.1, 0.15) is 0 Å². The third-order valence-electron chi connectivity index (χ3n) is 4.83. The molecule has 0 spiro atoms. The van der Waals surface area contributed by atoms with Crippen LogP contribution in [0.2, 0.25) is 0 Å². The highest BCUT2D eigenvalue weighted by molar-refractivity contribution is 7.99. The normalized spacial score (nSPS) is 10.8. The molecule has 1 amide bonds. The van der Waals surface area contributed by atoms with Crippen molar-refractivity contribution < 1.29 is 18.8 Å². The average molecular weight is 480 g/mol.